The molecule has 2 heterocycles. The maximum Gasteiger partial charge on any atom is 0.410 e. The summed E-state index contributed by atoms with van der Waals surface area (Å²) in [5.41, 5.74) is 7.41. The Morgan fingerprint density at radius 1 is 1.31 bits per heavy atom. The number of carbonyl (C=O) groups excluding carboxylic acids is 1. The van der Waals surface area contributed by atoms with E-state index in [4.69, 9.17) is 10.5 Å². The molecule has 0 aliphatic carbocycles. The first-order valence-electron chi connectivity index (χ1n) is 11.2. The van der Waals surface area contributed by atoms with E-state index in [1.807, 2.05) is 12.1 Å². The molecule has 29 heavy (non-hydrogen) atoms. The summed E-state index contributed by atoms with van der Waals surface area (Å²) in [7, 11) is 0.501. The van der Waals surface area contributed by atoms with E-state index in [9.17, 15) is 4.79 Å². The average Bonchev–Trinajstić information content (AvgIpc) is 3.07. The number of rotatable bonds is 7. The van der Waals surface area contributed by atoms with E-state index in [-0.39, 0.29) is 18.1 Å². The Labute approximate surface area is 187 Å². The van der Waals surface area contributed by atoms with Crippen molar-refractivity contribution in [3.8, 4) is 0 Å². The van der Waals surface area contributed by atoms with Crippen LogP contribution in [-0.4, -0.2) is 54.5 Å². The van der Waals surface area contributed by atoms with Crippen LogP contribution in [0.25, 0.3) is 0 Å². The fraction of sp³-hybridized carbons (Fsp3) is 0.696. The van der Waals surface area contributed by atoms with Gasteiger partial charge in [0.15, 0.2) is 0 Å². The molecular weight excluding hydrogens is 391 g/mol. The fourth-order valence-corrected chi connectivity index (χ4v) is 6.93. The zero-order valence-electron chi connectivity index (χ0n) is 19.1. The molecule has 2 aliphatic heterocycles. The van der Waals surface area contributed by atoms with E-state index < -0.39 is 5.60 Å². The minimum Gasteiger partial charge on any atom is -0.443 e. The van der Waals surface area contributed by atoms with Crippen molar-refractivity contribution in [2.45, 2.75) is 99.8 Å². The summed E-state index contributed by atoms with van der Waals surface area (Å²) in [5.74, 6) is 0.183. The molecule has 2 aliphatic rings. The second-order valence-electron chi connectivity index (χ2n) is 10.4. The Kier molecular flexibility index (Phi) is 6.78. The standard InChI is InChI=1S/C23H36N2O2Si.Al.2H/c1-22(2,28-5)15-7-6-8-18-13-14-19-20(16-9-11-17(24)12-10-16)23(3,4)27-21(26)25(18)19;;;/h8-12,18-20,28H,6-7,13-15,24H2,1-5H3;;;/q+1;;;/t18-,19+,20?;;;/m0.../s1. The van der Waals surface area contributed by atoms with E-state index in [1.165, 1.54) is 24.8 Å². The number of nitrogen functional groups attached to an aromatic ring is 1. The van der Waals surface area contributed by atoms with Crippen molar-refractivity contribution in [2.75, 3.05) is 5.73 Å². The minimum absolute atomic E-state index is 0.103. The van der Waals surface area contributed by atoms with Crippen LogP contribution < -0.4 is 5.73 Å². The SMILES string of the molecule is C[SiH+]C(C)(C)CCC[C@H]([AlH2])[C@H]1CC[C@@H]2C(c3ccc(N)cc3)C(C)(C)OC(=O)N21. The topological polar surface area (TPSA) is 55.6 Å². The summed E-state index contributed by atoms with van der Waals surface area (Å²) in [5, 5.41) is 0.508. The molecule has 1 aromatic carbocycles. The summed E-state index contributed by atoms with van der Waals surface area (Å²) in [6, 6.07) is 8.73. The summed E-state index contributed by atoms with van der Waals surface area (Å²) in [6.07, 6.45) is 5.90. The number of fused-ring (bicyclic) bond motifs is 1. The lowest BCUT2D eigenvalue weighted by molar-refractivity contribution is -0.0645. The molecule has 0 radical (unpaired) electrons. The number of ether oxygens (including phenoxy) is 1. The molecule has 0 bridgehead atoms. The van der Waals surface area contributed by atoms with Gasteiger partial charge in [0.05, 0.1) is 11.6 Å². The zero-order valence-corrected chi connectivity index (χ0v) is 22.2. The molecule has 2 N–H and O–H groups in total. The number of hydrogen-bond acceptors (Lipinski definition) is 3. The van der Waals surface area contributed by atoms with Crippen LogP contribution in [0.4, 0.5) is 10.5 Å². The molecule has 3 rings (SSSR count). The lowest BCUT2D eigenvalue weighted by Gasteiger charge is -2.48. The van der Waals surface area contributed by atoms with Gasteiger partial charge in [-0.15, -0.1) is 0 Å². The number of benzene rings is 1. The Bertz CT molecular complexity index is 722. The summed E-state index contributed by atoms with van der Waals surface area (Å²) in [6.45, 7) is 11.3. The Balaban J connectivity index is 1.75. The van der Waals surface area contributed by atoms with Crippen molar-refractivity contribution >= 4 is 37.6 Å². The predicted octanol–water partition coefficient (Wildman–Crippen LogP) is 4.39. The monoisotopic (exact) mass is 429 g/mol. The molecule has 1 unspecified atom stereocenters. The second kappa shape index (κ2) is 8.65. The minimum atomic E-state index is -0.502. The second-order valence-corrected chi connectivity index (χ2v) is 14.0. The molecule has 0 aromatic heterocycles. The highest BCUT2D eigenvalue weighted by molar-refractivity contribution is 6.37. The van der Waals surface area contributed by atoms with Crippen LogP contribution in [0.5, 0.6) is 0 Å². The van der Waals surface area contributed by atoms with Crippen LogP contribution in [0.2, 0.25) is 16.4 Å². The van der Waals surface area contributed by atoms with Gasteiger partial charge in [0, 0.05) is 23.7 Å². The van der Waals surface area contributed by atoms with E-state index >= 15 is 0 Å². The normalized spacial score (nSPS) is 27.3. The van der Waals surface area contributed by atoms with Crippen LogP contribution in [0.15, 0.2) is 24.3 Å². The van der Waals surface area contributed by atoms with E-state index in [1.54, 1.807) is 0 Å². The highest BCUT2D eigenvalue weighted by atomic mass is 28.2. The van der Waals surface area contributed by atoms with Crippen LogP contribution in [0, 0.1) is 0 Å². The van der Waals surface area contributed by atoms with E-state index in [0.717, 1.165) is 34.8 Å². The molecule has 0 saturated carbocycles. The van der Waals surface area contributed by atoms with Gasteiger partial charge in [0.2, 0.25) is 16.3 Å². The highest BCUT2D eigenvalue weighted by Crippen LogP contribution is 2.48. The first kappa shape index (κ1) is 22.7. The van der Waals surface area contributed by atoms with Gasteiger partial charge in [0.1, 0.15) is 5.60 Å². The average molecular weight is 430 g/mol. The summed E-state index contributed by atoms with van der Waals surface area (Å²) in [4.78, 5) is 15.1. The number of hydrogen-bond donors (Lipinski definition) is 1. The number of nitrogens with two attached hydrogens (primary N) is 1. The van der Waals surface area contributed by atoms with Crippen LogP contribution in [0.3, 0.4) is 0 Å². The molecular formula is C23H38AlN2O2Si+. The molecule has 1 amide bonds. The van der Waals surface area contributed by atoms with Gasteiger partial charge < -0.3 is 15.4 Å². The number of nitrogens with zero attached hydrogens (tertiary/aromatic N) is 1. The maximum absolute atomic E-state index is 13.0. The molecule has 0 spiro atoms. The molecule has 4 nitrogen and oxygen atoms in total. The van der Waals surface area contributed by atoms with Crippen molar-refractivity contribution in [3.63, 3.8) is 0 Å². The largest absolute Gasteiger partial charge is 0.443 e. The van der Waals surface area contributed by atoms with Crippen molar-refractivity contribution in [3.05, 3.63) is 29.8 Å². The lowest BCUT2D eigenvalue weighted by atomic mass is 9.77. The summed E-state index contributed by atoms with van der Waals surface area (Å²) < 4.78 is 6.66. The third-order valence-electron chi connectivity index (χ3n) is 7.38. The van der Waals surface area contributed by atoms with E-state index in [2.05, 4.69) is 51.3 Å². The number of carbonyl (C=O) groups is 1. The van der Waals surface area contributed by atoms with Crippen molar-refractivity contribution in [1.82, 2.24) is 4.90 Å². The van der Waals surface area contributed by atoms with Crippen LogP contribution in [-0.2, 0) is 4.74 Å². The lowest BCUT2D eigenvalue weighted by Crippen LogP contribution is -2.57. The molecule has 4 atom stereocenters. The van der Waals surface area contributed by atoms with Gasteiger partial charge in [-0.05, 0) is 64.7 Å². The van der Waals surface area contributed by atoms with Crippen molar-refractivity contribution in [1.29, 1.82) is 0 Å². The first-order valence-corrected chi connectivity index (χ1v) is 14.1. The Hall–Kier alpha value is -0.961. The number of anilines is 1. The molecule has 2 saturated heterocycles. The van der Waals surface area contributed by atoms with Gasteiger partial charge in [0.25, 0.3) is 0 Å². The van der Waals surface area contributed by atoms with Gasteiger partial charge >= 0.3 is 15.6 Å². The highest BCUT2D eigenvalue weighted by Gasteiger charge is 2.54. The molecule has 6 heteroatoms. The van der Waals surface area contributed by atoms with Crippen LogP contribution >= 0.6 is 0 Å². The Morgan fingerprint density at radius 2 is 1.97 bits per heavy atom. The first-order chi connectivity index (χ1) is 13.6. The third kappa shape index (κ3) is 4.86. The fourth-order valence-electron chi connectivity index (χ4n) is 5.37. The van der Waals surface area contributed by atoms with Crippen LogP contribution in [0.1, 0.15) is 71.3 Å². The molecule has 1 aromatic rings. The third-order valence-corrected chi connectivity index (χ3v) is 10.6. The van der Waals surface area contributed by atoms with Gasteiger partial charge in [-0.25, -0.2) is 4.79 Å². The maximum atomic E-state index is 13.0. The van der Waals surface area contributed by atoms with Gasteiger partial charge in [-0.1, -0.05) is 29.8 Å². The quantitative estimate of drug-likeness (QED) is 0.517. The van der Waals surface area contributed by atoms with Gasteiger partial charge in [-0.2, -0.15) is 0 Å². The van der Waals surface area contributed by atoms with Gasteiger partial charge in [-0.3, -0.25) is 0 Å². The summed E-state index contributed by atoms with van der Waals surface area (Å²) >= 11 is 1.13. The molecule has 158 valence electrons. The van der Waals surface area contributed by atoms with Crippen molar-refractivity contribution in [2.24, 2.45) is 0 Å². The van der Waals surface area contributed by atoms with E-state index in [0.29, 0.717) is 25.4 Å². The predicted molar refractivity (Wildman–Crippen MR) is 126 cm³/mol. The zero-order chi connectivity index (χ0) is 21.4. The smallest absolute Gasteiger partial charge is 0.410 e. The molecule has 2 fully saturated rings. The number of amides is 1. The Morgan fingerprint density at radius 3 is 2.59 bits per heavy atom. The number of cyclic esters (lactones) is 1. The van der Waals surface area contributed by atoms with Crippen molar-refractivity contribution < 1.29 is 9.53 Å².